The summed E-state index contributed by atoms with van der Waals surface area (Å²) in [4.78, 5) is 34.8. The van der Waals surface area contributed by atoms with Crippen molar-refractivity contribution in [2.24, 2.45) is 0 Å². The molecule has 24 heavy (non-hydrogen) atoms. The van der Waals surface area contributed by atoms with Crippen molar-refractivity contribution < 1.29 is 19.2 Å². The Morgan fingerprint density at radius 2 is 2.12 bits per heavy atom. The molecular formula is C16H15N3O5. The molecule has 124 valence electrons. The zero-order valence-electron chi connectivity index (χ0n) is 13.0. The number of Topliss-reactive ketones (excluding diaryl/α,β-unsaturated/α-hetero) is 1. The lowest BCUT2D eigenvalue weighted by molar-refractivity contribution is -0.384. The fraction of sp³-hybridized carbons (Fsp3) is 0.312. The van der Waals surface area contributed by atoms with Crippen LogP contribution in [0.3, 0.4) is 0 Å². The molecule has 1 aromatic heterocycles. The van der Waals surface area contributed by atoms with E-state index in [9.17, 15) is 19.7 Å². The maximum atomic E-state index is 12.4. The molecule has 1 aromatic carbocycles. The van der Waals surface area contributed by atoms with Gasteiger partial charge in [-0.1, -0.05) is 12.1 Å². The van der Waals surface area contributed by atoms with Gasteiger partial charge in [-0.2, -0.15) is 5.10 Å². The zero-order chi connectivity index (χ0) is 17.3. The van der Waals surface area contributed by atoms with Crippen molar-refractivity contribution in [2.75, 3.05) is 7.11 Å². The van der Waals surface area contributed by atoms with E-state index in [2.05, 4.69) is 9.84 Å². The van der Waals surface area contributed by atoms with Crippen LogP contribution in [0.25, 0.3) is 11.3 Å². The van der Waals surface area contributed by atoms with Gasteiger partial charge in [0.1, 0.15) is 12.2 Å². The van der Waals surface area contributed by atoms with Crippen LogP contribution >= 0.6 is 0 Å². The SMILES string of the molecule is COC(=O)Cn1nc(-c2ccccc2[N+](=O)[O-])c2c1CCCC2=O. The summed E-state index contributed by atoms with van der Waals surface area (Å²) in [6.45, 7) is -0.132. The van der Waals surface area contributed by atoms with Crippen molar-refractivity contribution in [1.29, 1.82) is 0 Å². The molecule has 1 aliphatic rings. The van der Waals surface area contributed by atoms with E-state index in [1.165, 1.54) is 17.9 Å². The average Bonchev–Trinajstić information content (AvgIpc) is 2.94. The molecule has 0 aliphatic heterocycles. The van der Waals surface area contributed by atoms with E-state index in [1.54, 1.807) is 18.2 Å². The van der Waals surface area contributed by atoms with Crippen molar-refractivity contribution in [2.45, 2.75) is 25.8 Å². The second-order valence-electron chi connectivity index (χ2n) is 5.46. The quantitative estimate of drug-likeness (QED) is 0.483. The highest BCUT2D eigenvalue weighted by Crippen LogP contribution is 2.35. The molecule has 0 saturated carbocycles. The highest BCUT2D eigenvalue weighted by Gasteiger charge is 2.31. The predicted octanol–water partition coefficient (Wildman–Crippen LogP) is 2.15. The average molecular weight is 329 g/mol. The summed E-state index contributed by atoms with van der Waals surface area (Å²) < 4.78 is 6.08. The van der Waals surface area contributed by atoms with E-state index in [1.807, 2.05) is 0 Å². The topological polar surface area (TPSA) is 104 Å². The van der Waals surface area contributed by atoms with Gasteiger partial charge in [-0.3, -0.25) is 24.4 Å². The standard InChI is InChI=1S/C16H15N3O5/c1-24-14(21)9-18-12-7-4-8-13(20)15(12)16(17-18)10-5-2-3-6-11(10)19(22)23/h2-3,5-6H,4,7-9H2,1H3. The van der Waals surface area contributed by atoms with Crippen LogP contribution in [-0.4, -0.2) is 33.6 Å². The van der Waals surface area contributed by atoms with Crippen LogP contribution in [0.4, 0.5) is 5.69 Å². The second-order valence-corrected chi connectivity index (χ2v) is 5.46. The molecule has 1 aliphatic carbocycles. The predicted molar refractivity (Wildman–Crippen MR) is 83.6 cm³/mol. The maximum Gasteiger partial charge on any atom is 0.327 e. The van der Waals surface area contributed by atoms with E-state index < -0.39 is 10.9 Å². The Labute approximate surface area is 137 Å². The van der Waals surface area contributed by atoms with E-state index in [-0.39, 0.29) is 29.3 Å². The van der Waals surface area contributed by atoms with Gasteiger partial charge >= 0.3 is 5.97 Å². The van der Waals surface area contributed by atoms with Gasteiger partial charge in [-0.15, -0.1) is 0 Å². The van der Waals surface area contributed by atoms with Crippen LogP contribution in [0.2, 0.25) is 0 Å². The van der Waals surface area contributed by atoms with Crippen molar-refractivity contribution in [1.82, 2.24) is 9.78 Å². The Kier molecular flexibility index (Phi) is 4.11. The summed E-state index contributed by atoms with van der Waals surface area (Å²) in [7, 11) is 1.27. The molecule has 0 radical (unpaired) electrons. The van der Waals surface area contributed by atoms with Crippen molar-refractivity contribution >= 4 is 17.4 Å². The van der Waals surface area contributed by atoms with Crippen molar-refractivity contribution in [3.05, 3.63) is 45.6 Å². The number of nitro groups is 1. The van der Waals surface area contributed by atoms with Crippen LogP contribution < -0.4 is 0 Å². The molecule has 0 unspecified atom stereocenters. The number of esters is 1. The summed E-state index contributed by atoms with van der Waals surface area (Å²) in [5.41, 5.74) is 1.41. The molecule has 1 heterocycles. The minimum absolute atomic E-state index is 0.111. The Hall–Kier alpha value is -3.03. The molecule has 8 heteroatoms. The third-order valence-electron chi connectivity index (χ3n) is 4.02. The summed E-state index contributed by atoms with van der Waals surface area (Å²) >= 11 is 0. The highest BCUT2D eigenvalue weighted by atomic mass is 16.6. The first-order valence-corrected chi connectivity index (χ1v) is 7.46. The van der Waals surface area contributed by atoms with Gasteiger partial charge in [0.2, 0.25) is 0 Å². The summed E-state index contributed by atoms with van der Waals surface area (Å²) in [5.74, 6) is -0.604. The minimum atomic E-state index is -0.506. The number of hydrogen-bond donors (Lipinski definition) is 0. The molecular weight excluding hydrogens is 314 g/mol. The molecule has 0 saturated heterocycles. The molecule has 0 amide bonds. The molecule has 2 aromatic rings. The number of methoxy groups -OCH3 is 1. The number of benzene rings is 1. The van der Waals surface area contributed by atoms with Gasteiger partial charge in [-0.05, 0) is 18.9 Å². The van der Waals surface area contributed by atoms with Gasteiger partial charge in [0.25, 0.3) is 5.69 Å². The number of fused-ring (bicyclic) bond motifs is 1. The third kappa shape index (κ3) is 2.66. The molecule has 0 spiro atoms. The number of ether oxygens (including phenoxy) is 1. The Morgan fingerprint density at radius 1 is 1.38 bits per heavy atom. The van der Waals surface area contributed by atoms with Crippen LogP contribution in [0.15, 0.2) is 24.3 Å². The first-order chi connectivity index (χ1) is 11.5. The number of carbonyl (C=O) groups excluding carboxylic acids is 2. The molecule has 0 fully saturated rings. The Bertz CT molecular complexity index is 840. The highest BCUT2D eigenvalue weighted by molar-refractivity contribution is 6.04. The molecule has 3 rings (SSSR count). The Balaban J connectivity index is 2.20. The second kappa shape index (κ2) is 6.23. The van der Waals surface area contributed by atoms with Gasteiger partial charge in [0.05, 0.1) is 28.9 Å². The smallest absolute Gasteiger partial charge is 0.327 e. The monoisotopic (exact) mass is 329 g/mol. The van der Waals surface area contributed by atoms with Crippen LogP contribution in [0.1, 0.15) is 28.9 Å². The fourth-order valence-electron chi connectivity index (χ4n) is 2.92. The van der Waals surface area contributed by atoms with E-state index in [0.29, 0.717) is 30.5 Å². The first-order valence-electron chi connectivity index (χ1n) is 7.46. The zero-order valence-corrected chi connectivity index (χ0v) is 13.0. The summed E-state index contributed by atoms with van der Waals surface area (Å²) in [6.07, 6.45) is 1.62. The lowest BCUT2D eigenvalue weighted by Gasteiger charge is -2.13. The van der Waals surface area contributed by atoms with E-state index in [0.717, 1.165) is 0 Å². The Morgan fingerprint density at radius 3 is 2.83 bits per heavy atom. The largest absolute Gasteiger partial charge is 0.468 e. The van der Waals surface area contributed by atoms with Gasteiger partial charge in [0, 0.05) is 12.5 Å². The maximum absolute atomic E-state index is 12.4. The molecule has 0 N–H and O–H groups in total. The number of hydrogen-bond acceptors (Lipinski definition) is 6. The molecule has 8 nitrogen and oxygen atoms in total. The lowest BCUT2D eigenvalue weighted by atomic mass is 9.92. The van der Waals surface area contributed by atoms with Crippen molar-refractivity contribution in [3.63, 3.8) is 0 Å². The summed E-state index contributed by atoms with van der Waals surface area (Å²) in [6, 6.07) is 6.14. The molecule has 0 bridgehead atoms. The number of para-hydroxylation sites is 1. The number of carbonyl (C=O) groups is 2. The number of ketones is 1. The number of aromatic nitrogens is 2. The van der Waals surface area contributed by atoms with Gasteiger partial charge in [-0.25, -0.2) is 0 Å². The van der Waals surface area contributed by atoms with Crippen LogP contribution in [-0.2, 0) is 22.5 Å². The number of nitrogens with zero attached hydrogens (tertiary/aromatic N) is 3. The summed E-state index contributed by atoms with van der Waals surface area (Å²) in [5, 5.41) is 15.6. The van der Waals surface area contributed by atoms with Crippen LogP contribution in [0, 0.1) is 10.1 Å². The third-order valence-corrected chi connectivity index (χ3v) is 4.02. The number of rotatable bonds is 4. The minimum Gasteiger partial charge on any atom is -0.468 e. The lowest BCUT2D eigenvalue weighted by Crippen LogP contribution is -2.18. The first kappa shape index (κ1) is 15.9. The van der Waals surface area contributed by atoms with E-state index >= 15 is 0 Å². The van der Waals surface area contributed by atoms with Crippen molar-refractivity contribution in [3.8, 4) is 11.3 Å². The van der Waals surface area contributed by atoms with E-state index in [4.69, 9.17) is 0 Å². The number of nitro benzene ring substituents is 1. The van der Waals surface area contributed by atoms with Crippen LogP contribution in [0.5, 0.6) is 0 Å². The molecule has 0 atom stereocenters. The fourth-order valence-corrected chi connectivity index (χ4v) is 2.92. The normalized spacial score (nSPS) is 13.5. The van der Waals surface area contributed by atoms with Gasteiger partial charge in [0.15, 0.2) is 5.78 Å². The van der Waals surface area contributed by atoms with Gasteiger partial charge < -0.3 is 4.74 Å².